The minimum Gasteiger partial charge on any atom is -0.319 e. The molecule has 1 fully saturated rings. The van der Waals surface area contributed by atoms with Crippen LogP contribution in [0.4, 0.5) is 0 Å². The Labute approximate surface area is 130 Å². The van der Waals surface area contributed by atoms with Crippen molar-refractivity contribution >= 4 is 23.4 Å². The molecular weight excluding hydrogens is 288 g/mol. The molecule has 1 aromatic carbocycles. The summed E-state index contributed by atoms with van der Waals surface area (Å²) in [4.78, 5) is 27.9. The van der Waals surface area contributed by atoms with E-state index in [1.807, 2.05) is 12.1 Å². The van der Waals surface area contributed by atoms with Crippen LogP contribution in [0.5, 0.6) is 0 Å². The number of carbonyl (C=O) groups is 2. The second-order valence-electron chi connectivity index (χ2n) is 5.95. The second-order valence-corrected chi connectivity index (χ2v) is 6.38. The van der Waals surface area contributed by atoms with Gasteiger partial charge in [0.1, 0.15) is 12.2 Å². The van der Waals surface area contributed by atoms with E-state index in [0.717, 1.165) is 5.56 Å². The van der Waals surface area contributed by atoms with Gasteiger partial charge in [-0.2, -0.15) is 0 Å². The van der Waals surface area contributed by atoms with E-state index in [1.54, 1.807) is 29.0 Å². The van der Waals surface area contributed by atoms with Crippen molar-refractivity contribution in [1.82, 2.24) is 9.80 Å². The molecule has 0 radical (unpaired) electrons. The first-order chi connectivity index (χ1) is 9.82. The molecule has 0 aliphatic carbocycles. The maximum atomic E-state index is 12.5. The Hall–Kier alpha value is -1.55. The van der Waals surface area contributed by atoms with Crippen molar-refractivity contribution in [2.24, 2.45) is 5.92 Å². The predicted molar refractivity (Wildman–Crippen MR) is 82.7 cm³/mol. The van der Waals surface area contributed by atoms with Gasteiger partial charge < -0.3 is 9.80 Å². The van der Waals surface area contributed by atoms with E-state index in [2.05, 4.69) is 13.8 Å². The summed E-state index contributed by atoms with van der Waals surface area (Å²) in [5.41, 5.74) is 0.900. The van der Waals surface area contributed by atoms with E-state index in [0.29, 0.717) is 17.4 Å². The van der Waals surface area contributed by atoms with E-state index in [1.165, 1.54) is 6.92 Å². The Balaban J connectivity index is 2.40. The quantitative estimate of drug-likeness (QED) is 0.861. The van der Waals surface area contributed by atoms with Gasteiger partial charge in [0.25, 0.3) is 0 Å². The molecule has 4 nitrogen and oxygen atoms in total. The molecule has 1 aromatic rings. The van der Waals surface area contributed by atoms with Crippen molar-refractivity contribution < 1.29 is 9.59 Å². The first-order valence-electron chi connectivity index (χ1n) is 7.14. The van der Waals surface area contributed by atoms with Crippen LogP contribution >= 0.6 is 11.6 Å². The van der Waals surface area contributed by atoms with E-state index in [4.69, 9.17) is 11.6 Å². The highest BCUT2D eigenvalue weighted by Gasteiger charge is 2.46. The van der Waals surface area contributed by atoms with Crippen molar-refractivity contribution in [3.8, 4) is 0 Å². The third kappa shape index (κ3) is 3.05. The average Bonchev–Trinajstić information content (AvgIpc) is 2.64. The fraction of sp³-hybridized carbons (Fsp3) is 0.500. The normalized spacial score (nSPS) is 22.3. The summed E-state index contributed by atoms with van der Waals surface area (Å²) in [7, 11) is 1.75. The van der Waals surface area contributed by atoms with Crippen LogP contribution < -0.4 is 0 Å². The highest BCUT2D eigenvalue weighted by Crippen LogP contribution is 2.36. The van der Waals surface area contributed by atoms with Gasteiger partial charge >= 0.3 is 0 Å². The Morgan fingerprint density at radius 1 is 1.29 bits per heavy atom. The van der Waals surface area contributed by atoms with E-state index >= 15 is 0 Å². The summed E-state index contributed by atoms with van der Waals surface area (Å²) in [6.07, 6.45) is 0.323. The lowest BCUT2D eigenvalue weighted by atomic mass is 10.0. The zero-order valence-electron chi connectivity index (χ0n) is 12.8. The summed E-state index contributed by atoms with van der Waals surface area (Å²) >= 11 is 5.92. The molecule has 2 amide bonds. The topological polar surface area (TPSA) is 40.6 Å². The molecule has 2 atom stereocenters. The summed E-state index contributed by atoms with van der Waals surface area (Å²) < 4.78 is 0. The molecule has 21 heavy (non-hydrogen) atoms. The zero-order chi connectivity index (χ0) is 15.7. The molecule has 0 spiro atoms. The average molecular weight is 309 g/mol. The maximum absolute atomic E-state index is 12.5. The maximum Gasteiger partial charge on any atom is 0.247 e. The lowest BCUT2D eigenvalue weighted by Gasteiger charge is -2.30. The Morgan fingerprint density at radius 3 is 2.33 bits per heavy atom. The molecule has 0 saturated carbocycles. The van der Waals surface area contributed by atoms with Gasteiger partial charge in [0, 0.05) is 19.0 Å². The predicted octanol–water partition coefficient (Wildman–Crippen LogP) is 3.07. The van der Waals surface area contributed by atoms with Crippen LogP contribution in [0.15, 0.2) is 24.3 Å². The monoisotopic (exact) mass is 308 g/mol. The fourth-order valence-corrected chi connectivity index (χ4v) is 3.03. The lowest BCUT2D eigenvalue weighted by molar-refractivity contribution is -0.135. The largest absolute Gasteiger partial charge is 0.319 e. The minimum absolute atomic E-state index is 0.00106. The second kappa shape index (κ2) is 6.06. The van der Waals surface area contributed by atoms with Gasteiger partial charge in [-0.1, -0.05) is 37.6 Å². The van der Waals surface area contributed by atoms with Crippen LogP contribution in [0.3, 0.4) is 0 Å². The van der Waals surface area contributed by atoms with Crippen LogP contribution in [0.1, 0.15) is 38.9 Å². The molecule has 1 unspecified atom stereocenters. The standard InChI is InChI=1S/C16H21ClN2O2/c1-10(2)9-14-16(21)18(4)15(19(14)11(3)20)12-5-7-13(17)8-6-12/h5-8,10,14-15H,9H2,1-4H3/t14-,15?/m1/s1. The van der Waals surface area contributed by atoms with Gasteiger partial charge in [-0.15, -0.1) is 0 Å². The molecule has 2 rings (SSSR count). The van der Waals surface area contributed by atoms with E-state index in [-0.39, 0.29) is 24.0 Å². The number of hydrogen-bond donors (Lipinski definition) is 0. The molecule has 1 saturated heterocycles. The first kappa shape index (κ1) is 15.8. The zero-order valence-corrected chi connectivity index (χ0v) is 13.6. The molecule has 0 aromatic heterocycles. The number of halogens is 1. The van der Waals surface area contributed by atoms with Gasteiger partial charge in [0.15, 0.2) is 0 Å². The van der Waals surface area contributed by atoms with Gasteiger partial charge in [0.05, 0.1) is 0 Å². The van der Waals surface area contributed by atoms with Crippen molar-refractivity contribution in [2.45, 2.75) is 39.4 Å². The third-order valence-corrected chi connectivity index (χ3v) is 4.08. The smallest absolute Gasteiger partial charge is 0.247 e. The Kier molecular flexibility index (Phi) is 4.57. The number of rotatable bonds is 3. The van der Waals surface area contributed by atoms with Crippen LogP contribution in [-0.2, 0) is 9.59 Å². The Bertz CT molecular complexity index is 542. The molecule has 114 valence electrons. The number of benzene rings is 1. The molecule has 1 aliphatic heterocycles. The van der Waals surface area contributed by atoms with Crippen molar-refractivity contribution in [3.63, 3.8) is 0 Å². The number of amides is 2. The summed E-state index contributed by atoms with van der Waals surface area (Å²) in [5, 5.41) is 0.638. The highest BCUT2D eigenvalue weighted by atomic mass is 35.5. The summed E-state index contributed by atoms with van der Waals surface area (Å²) in [6.45, 7) is 5.63. The van der Waals surface area contributed by atoms with Gasteiger partial charge in [-0.05, 0) is 30.0 Å². The van der Waals surface area contributed by atoms with Gasteiger partial charge in [0.2, 0.25) is 11.8 Å². The summed E-state index contributed by atoms with van der Waals surface area (Å²) in [5.74, 6) is 0.260. The third-order valence-electron chi connectivity index (χ3n) is 3.83. The highest BCUT2D eigenvalue weighted by molar-refractivity contribution is 6.30. The van der Waals surface area contributed by atoms with Crippen molar-refractivity contribution in [3.05, 3.63) is 34.9 Å². The fourth-order valence-electron chi connectivity index (χ4n) is 2.90. The lowest BCUT2D eigenvalue weighted by Crippen LogP contribution is -2.39. The van der Waals surface area contributed by atoms with Crippen LogP contribution in [-0.4, -0.2) is 34.7 Å². The number of likely N-dealkylation sites (N-methyl/N-ethyl adjacent to an activating group) is 1. The van der Waals surface area contributed by atoms with Crippen molar-refractivity contribution in [2.75, 3.05) is 7.05 Å². The molecule has 1 aliphatic rings. The van der Waals surface area contributed by atoms with E-state index in [9.17, 15) is 9.59 Å². The van der Waals surface area contributed by atoms with E-state index < -0.39 is 0 Å². The van der Waals surface area contributed by atoms with Crippen LogP contribution in [0.25, 0.3) is 0 Å². The number of hydrogen-bond acceptors (Lipinski definition) is 2. The molecular formula is C16H21ClN2O2. The minimum atomic E-state index is -0.381. The van der Waals surface area contributed by atoms with Crippen LogP contribution in [0.2, 0.25) is 5.02 Å². The van der Waals surface area contributed by atoms with Gasteiger partial charge in [-0.3, -0.25) is 9.59 Å². The van der Waals surface area contributed by atoms with Crippen molar-refractivity contribution in [1.29, 1.82) is 0 Å². The molecule has 1 heterocycles. The number of carbonyl (C=O) groups excluding carboxylic acids is 2. The SMILES string of the molecule is CC(=O)N1C(c2ccc(Cl)cc2)N(C)C(=O)[C@H]1CC(C)C. The first-order valence-corrected chi connectivity index (χ1v) is 7.51. The molecule has 5 heteroatoms. The van der Waals surface area contributed by atoms with Crippen LogP contribution in [0, 0.1) is 5.92 Å². The Morgan fingerprint density at radius 2 is 1.86 bits per heavy atom. The van der Waals surface area contributed by atoms with Gasteiger partial charge in [-0.25, -0.2) is 0 Å². The number of nitrogens with zero attached hydrogens (tertiary/aromatic N) is 2. The summed E-state index contributed by atoms with van der Waals surface area (Å²) in [6, 6.07) is 6.91. The molecule has 0 N–H and O–H groups in total. The molecule has 0 bridgehead atoms.